The fourth-order valence-corrected chi connectivity index (χ4v) is 2.48. The van der Waals surface area contributed by atoms with Crippen molar-refractivity contribution in [2.45, 2.75) is 12.8 Å². The summed E-state index contributed by atoms with van der Waals surface area (Å²) in [5.41, 5.74) is 7.76. The number of amides is 1. The Morgan fingerprint density at radius 1 is 1.32 bits per heavy atom. The second-order valence-electron chi connectivity index (χ2n) is 4.60. The molecule has 96 valence electrons. The van der Waals surface area contributed by atoms with E-state index in [0.29, 0.717) is 5.57 Å². The molecule has 0 saturated carbocycles. The van der Waals surface area contributed by atoms with Gasteiger partial charge in [-0.15, -0.1) is 0 Å². The zero-order chi connectivity index (χ0) is 13.8. The minimum atomic E-state index is -0.543. The molecule has 1 aromatic rings. The van der Waals surface area contributed by atoms with Gasteiger partial charge < -0.3 is 5.73 Å². The summed E-state index contributed by atoms with van der Waals surface area (Å²) in [4.78, 5) is 22.9. The summed E-state index contributed by atoms with van der Waals surface area (Å²) in [6, 6.07) is 9.29. The molecule has 1 aliphatic carbocycles. The molecule has 0 aliphatic heterocycles. The lowest BCUT2D eigenvalue weighted by molar-refractivity contribution is -0.120. The highest BCUT2D eigenvalue weighted by Gasteiger charge is 2.32. The Morgan fingerprint density at radius 3 is 2.58 bits per heavy atom. The van der Waals surface area contributed by atoms with Gasteiger partial charge in [0.05, 0.1) is 5.92 Å². The molecule has 1 amide bonds. The molecular formula is C16H15NO2. The number of benzene rings is 1. The molecule has 0 bridgehead atoms. The van der Waals surface area contributed by atoms with Crippen molar-refractivity contribution >= 4 is 11.8 Å². The molecule has 1 aromatic carbocycles. The Labute approximate surface area is 112 Å². The van der Waals surface area contributed by atoms with Crippen molar-refractivity contribution in [2.75, 3.05) is 0 Å². The van der Waals surface area contributed by atoms with Gasteiger partial charge in [0.1, 0.15) is 5.94 Å². The molecule has 19 heavy (non-hydrogen) atoms. The quantitative estimate of drug-likeness (QED) is 0.839. The maximum Gasteiger partial charge on any atom is 0.225 e. The van der Waals surface area contributed by atoms with Crippen molar-refractivity contribution in [3.05, 3.63) is 65.3 Å². The van der Waals surface area contributed by atoms with Gasteiger partial charge in [0.15, 0.2) is 0 Å². The Balaban J connectivity index is 2.51. The lowest BCUT2D eigenvalue weighted by Crippen LogP contribution is -2.30. The van der Waals surface area contributed by atoms with E-state index in [1.807, 2.05) is 49.3 Å². The molecule has 2 atom stereocenters. The normalized spacial score (nSPS) is 19.5. The molecule has 3 nitrogen and oxygen atoms in total. The SMILES string of the molecule is CC1=CC=CC(=C=O)C1C(C(N)=O)c1ccccc1. The van der Waals surface area contributed by atoms with Crippen LogP contribution in [0.5, 0.6) is 0 Å². The van der Waals surface area contributed by atoms with Crippen LogP contribution in [0.2, 0.25) is 0 Å². The summed E-state index contributed by atoms with van der Waals surface area (Å²) in [6.07, 6.45) is 5.36. The second-order valence-corrected chi connectivity index (χ2v) is 4.60. The first-order valence-electron chi connectivity index (χ1n) is 6.09. The maximum atomic E-state index is 11.8. The Bertz CT molecular complexity index is 592. The van der Waals surface area contributed by atoms with Gasteiger partial charge in [-0.25, -0.2) is 4.79 Å². The van der Waals surface area contributed by atoms with Gasteiger partial charge in [0.2, 0.25) is 5.91 Å². The van der Waals surface area contributed by atoms with Crippen LogP contribution in [0.15, 0.2) is 59.7 Å². The highest BCUT2D eigenvalue weighted by atomic mass is 16.1. The molecule has 3 heteroatoms. The topological polar surface area (TPSA) is 60.2 Å². The summed E-state index contributed by atoms with van der Waals surface area (Å²) in [5.74, 6) is 0.609. The molecule has 0 heterocycles. The average Bonchev–Trinajstić information content (AvgIpc) is 2.41. The van der Waals surface area contributed by atoms with Gasteiger partial charge in [-0.3, -0.25) is 4.79 Å². The molecule has 0 spiro atoms. The van der Waals surface area contributed by atoms with E-state index >= 15 is 0 Å². The van der Waals surface area contributed by atoms with Gasteiger partial charge in [-0.05, 0) is 18.6 Å². The summed E-state index contributed by atoms with van der Waals surface area (Å²) in [6.45, 7) is 1.89. The van der Waals surface area contributed by atoms with Gasteiger partial charge in [0, 0.05) is 11.5 Å². The van der Waals surface area contributed by atoms with Crippen molar-refractivity contribution in [1.82, 2.24) is 0 Å². The van der Waals surface area contributed by atoms with E-state index in [2.05, 4.69) is 0 Å². The Morgan fingerprint density at radius 2 is 2.00 bits per heavy atom. The minimum absolute atomic E-state index is 0.331. The van der Waals surface area contributed by atoms with Crippen LogP contribution in [0.1, 0.15) is 18.4 Å². The standard InChI is InChI=1S/C16H15NO2/c1-11-6-5-9-13(10-18)14(11)15(16(17)19)12-7-3-2-4-8-12/h2-9,14-15H,1H3,(H2,17,19). The molecule has 2 unspecified atom stereocenters. The first kappa shape index (κ1) is 13.1. The predicted molar refractivity (Wildman–Crippen MR) is 74.0 cm³/mol. The summed E-state index contributed by atoms with van der Waals surface area (Å²) in [5, 5.41) is 0. The molecule has 2 rings (SSSR count). The lowest BCUT2D eigenvalue weighted by Gasteiger charge is -2.27. The number of nitrogens with two attached hydrogens (primary N) is 1. The molecule has 2 N–H and O–H groups in total. The van der Waals surface area contributed by atoms with Crippen LogP contribution in [0, 0.1) is 5.92 Å². The maximum absolute atomic E-state index is 11.8. The zero-order valence-corrected chi connectivity index (χ0v) is 10.7. The van der Waals surface area contributed by atoms with Crippen LogP contribution >= 0.6 is 0 Å². The molecule has 0 fully saturated rings. The Hall–Kier alpha value is -2.38. The third kappa shape index (κ3) is 2.56. The predicted octanol–water partition coefficient (Wildman–Crippen LogP) is 2.15. The van der Waals surface area contributed by atoms with Crippen LogP contribution in [0.25, 0.3) is 0 Å². The van der Waals surface area contributed by atoms with Crippen LogP contribution < -0.4 is 5.73 Å². The summed E-state index contributed by atoms with van der Waals surface area (Å²) in [7, 11) is 0. The fraction of sp³-hybridized carbons (Fsp3) is 0.188. The molecule has 0 saturated heterocycles. The number of primary amides is 1. The number of carbonyl (C=O) groups excluding carboxylic acids is 2. The molecular weight excluding hydrogens is 238 g/mol. The van der Waals surface area contributed by atoms with E-state index in [1.54, 1.807) is 12.2 Å². The van der Waals surface area contributed by atoms with Crippen molar-refractivity contribution in [1.29, 1.82) is 0 Å². The number of rotatable bonds is 3. The molecule has 0 radical (unpaired) electrons. The number of allylic oxidation sites excluding steroid dienone is 5. The van der Waals surface area contributed by atoms with Crippen LogP contribution in [0.3, 0.4) is 0 Å². The second kappa shape index (κ2) is 5.51. The van der Waals surface area contributed by atoms with Gasteiger partial charge in [-0.1, -0.05) is 48.1 Å². The van der Waals surface area contributed by atoms with Crippen molar-refractivity contribution in [3.63, 3.8) is 0 Å². The summed E-state index contributed by atoms with van der Waals surface area (Å²) >= 11 is 0. The first-order valence-corrected chi connectivity index (χ1v) is 6.09. The van der Waals surface area contributed by atoms with Crippen molar-refractivity contribution in [3.8, 4) is 0 Å². The Kier molecular flexibility index (Phi) is 3.79. The van der Waals surface area contributed by atoms with E-state index in [4.69, 9.17) is 5.73 Å². The van der Waals surface area contributed by atoms with E-state index < -0.39 is 11.8 Å². The first-order chi connectivity index (χ1) is 9.15. The highest BCUT2D eigenvalue weighted by Crippen LogP contribution is 2.36. The lowest BCUT2D eigenvalue weighted by atomic mass is 9.75. The minimum Gasteiger partial charge on any atom is -0.369 e. The van der Waals surface area contributed by atoms with Crippen LogP contribution in [-0.4, -0.2) is 11.8 Å². The monoisotopic (exact) mass is 253 g/mol. The number of carbonyl (C=O) groups is 1. The zero-order valence-electron chi connectivity index (χ0n) is 10.7. The van der Waals surface area contributed by atoms with Crippen LogP contribution in [0.4, 0.5) is 0 Å². The third-order valence-electron chi connectivity index (χ3n) is 3.38. The smallest absolute Gasteiger partial charge is 0.225 e. The van der Waals surface area contributed by atoms with Gasteiger partial charge >= 0.3 is 0 Å². The third-order valence-corrected chi connectivity index (χ3v) is 3.38. The van der Waals surface area contributed by atoms with Crippen LogP contribution in [-0.2, 0) is 9.59 Å². The highest BCUT2D eigenvalue weighted by molar-refractivity contribution is 5.84. The van der Waals surface area contributed by atoms with Crippen molar-refractivity contribution in [2.24, 2.45) is 11.7 Å². The van der Waals surface area contributed by atoms with E-state index in [-0.39, 0.29) is 5.92 Å². The van der Waals surface area contributed by atoms with E-state index in [1.165, 1.54) is 0 Å². The number of hydrogen-bond acceptors (Lipinski definition) is 2. The summed E-state index contributed by atoms with van der Waals surface area (Å²) < 4.78 is 0. The van der Waals surface area contributed by atoms with Crippen molar-refractivity contribution < 1.29 is 9.59 Å². The fourth-order valence-electron chi connectivity index (χ4n) is 2.48. The van der Waals surface area contributed by atoms with Gasteiger partial charge in [-0.2, -0.15) is 0 Å². The average molecular weight is 253 g/mol. The molecule has 0 aromatic heterocycles. The van der Waals surface area contributed by atoms with Gasteiger partial charge in [0.25, 0.3) is 0 Å². The van der Waals surface area contributed by atoms with E-state index in [9.17, 15) is 9.59 Å². The molecule has 1 aliphatic rings. The largest absolute Gasteiger partial charge is 0.369 e. The number of hydrogen-bond donors (Lipinski definition) is 1. The van der Waals surface area contributed by atoms with E-state index in [0.717, 1.165) is 11.1 Å².